The van der Waals surface area contributed by atoms with Crippen LogP contribution in [-0.4, -0.2) is 43.7 Å². The van der Waals surface area contributed by atoms with Crippen molar-refractivity contribution in [1.29, 1.82) is 0 Å². The molecule has 1 fully saturated rings. The van der Waals surface area contributed by atoms with Crippen molar-refractivity contribution in [1.82, 2.24) is 9.62 Å². The molecule has 27 heavy (non-hydrogen) atoms. The molecule has 2 rings (SSSR count). The normalized spacial score (nSPS) is 18.6. The zero-order chi connectivity index (χ0) is 20.2. The van der Waals surface area contributed by atoms with E-state index in [1.807, 2.05) is 6.92 Å². The number of piperidine rings is 1. The molecule has 7 nitrogen and oxygen atoms in total. The van der Waals surface area contributed by atoms with Gasteiger partial charge in [-0.25, -0.2) is 8.42 Å². The molecule has 1 aromatic rings. The van der Waals surface area contributed by atoms with Gasteiger partial charge in [0.1, 0.15) is 0 Å². The van der Waals surface area contributed by atoms with Crippen LogP contribution in [0.5, 0.6) is 0 Å². The topological polar surface area (TPSA) is 107 Å². The summed E-state index contributed by atoms with van der Waals surface area (Å²) in [5.74, 6) is -2.34. The van der Waals surface area contributed by atoms with Crippen LogP contribution in [-0.2, 0) is 19.6 Å². The highest BCUT2D eigenvalue weighted by atomic mass is 35.5. The van der Waals surface area contributed by atoms with E-state index in [1.165, 1.54) is 28.6 Å². The first-order valence-electron chi connectivity index (χ1n) is 8.93. The minimum atomic E-state index is -3.64. The van der Waals surface area contributed by atoms with Crippen LogP contribution in [0.15, 0.2) is 29.2 Å². The number of nitrogens with one attached hydrogen (secondary N) is 1. The zero-order valence-electron chi connectivity index (χ0n) is 15.4. The SMILES string of the molecule is CC[C@H](C)[C@H](NC(=O)C1CCN(S(=O)(=O)c2ccc(Cl)cc2)CC1)C(=O)[O-]. The summed E-state index contributed by atoms with van der Waals surface area (Å²) in [5, 5.41) is 14.3. The maximum atomic E-state index is 12.7. The lowest BCUT2D eigenvalue weighted by Crippen LogP contribution is -2.53. The molecule has 0 unspecified atom stereocenters. The Hall–Kier alpha value is -1.64. The fourth-order valence-corrected chi connectivity index (χ4v) is 4.65. The number of sulfonamides is 1. The monoisotopic (exact) mass is 415 g/mol. The molecule has 2 atom stereocenters. The van der Waals surface area contributed by atoms with E-state index in [0.717, 1.165) is 0 Å². The van der Waals surface area contributed by atoms with Crippen molar-refractivity contribution in [2.75, 3.05) is 13.1 Å². The first-order chi connectivity index (χ1) is 12.7. The van der Waals surface area contributed by atoms with E-state index >= 15 is 0 Å². The standard InChI is InChI=1S/C18H25ClN2O5S/c1-3-12(2)16(18(23)24)20-17(22)13-8-10-21(11-9-13)27(25,26)15-6-4-14(19)5-7-15/h4-7,12-13,16H,3,8-11H2,1-2H3,(H,20,22)(H,23,24)/p-1/t12-,16-/m0/s1. The molecule has 0 spiro atoms. The number of carboxylic acid groups (broad SMARTS) is 1. The third-order valence-electron chi connectivity index (χ3n) is 5.04. The van der Waals surface area contributed by atoms with Crippen molar-refractivity contribution in [3.8, 4) is 0 Å². The number of amides is 1. The lowest BCUT2D eigenvalue weighted by atomic mass is 9.94. The third kappa shape index (κ3) is 5.21. The zero-order valence-corrected chi connectivity index (χ0v) is 16.9. The quantitative estimate of drug-likeness (QED) is 0.715. The largest absolute Gasteiger partial charge is 0.548 e. The van der Waals surface area contributed by atoms with E-state index in [-0.39, 0.29) is 29.8 Å². The average Bonchev–Trinajstić information content (AvgIpc) is 2.65. The van der Waals surface area contributed by atoms with Crippen LogP contribution >= 0.6 is 11.6 Å². The first-order valence-corrected chi connectivity index (χ1v) is 10.8. The number of rotatable bonds is 7. The van der Waals surface area contributed by atoms with Crippen molar-refractivity contribution >= 4 is 33.5 Å². The average molecular weight is 416 g/mol. The summed E-state index contributed by atoms with van der Waals surface area (Å²) >= 11 is 5.80. The first kappa shape index (κ1) is 21.7. The van der Waals surface area contributed by atoms with Gasteiger partial charge in [0, 0.05) is 24.0 Å². The van der Waals surface area contributed by atoms with Crippen LogP contribution in [0, 0.1) is 11.8 Å². The fourth-order valence-electron chi connectivity index (χ4n) is 3.05. The van der Waals surface area contributed by atoms with Crippen LogP contribution in [0.2, 0.25) is 5.02 Å². The van der Waals surface area contributed by atoms with Gasteiger partial charge >= 0.3 is 0 Å². The minimum absolute atomic E-state index is 0.156. The Morgan fingerprint density at radius 2 is 1.81 bits per heavy atom. The van der Waals surface area contributed by atoms with E-state index in [4.69, 9.17) is 11.6 Å². The molecule has 9 heteroatoms. The molecule has 1 amide bonds. The van der Waals surface area contributed by atoms with Crippen molar-refractivity contribution in [2.24, 2.45) is 11.8 Å². The molecule has 150 valence electrons. The van der Waals surface area contributed by atoms with Crippen LogP contribution in [0.1, 0.15) is 33.1 Å². The fraction of sp³-hybridized carbons (Fsp3) is 0.556. The van der Waals surface area contributed by atoms with Gasteiger partial charge in [-0.2, -0.15) is 4.31 Å². The smallest absolute Gasteiger partial charge is 0.243 e. The summed E-state index contributed by atoms with van der Waals surface area (Å²) in [6, 6.07) is 4.89. The Balaban J connectivity index is 1.99. The highest BCUT2D eigenvalue weighted by molar-refractivity contribution is 7.89. The summed E-state index contributed by atoms with van der Waals surface area (Å²) in [7, 11) is -3.64. The number of halogens is 1. The van der Waals surface area contributed by atoms with Crippen molar-refractivity contribution in [2.45, 2.75) is 44.0 Å². The second-order valence-electron chi connectivity index (χ2n) is 6.82. The number of hydrogen-bond donors (Lipinski definition) is 1. The summed E-state index contributed by atoms with van der Waals surface area (Å²) in [6.07, 6.45) is 1.26. The van der Waals surface area contributed by atoms with Gasteiger partial charge in [0.25, 0.3) is 0 Å². The number of aliphatic carboxylic acids is 1. The van der Waals surface area contributed by atoms with Gasteiger partial charge in [-0.3, -0.25) is 4.79 Å². The van der Waals surface area contributed by atoms with Gasteiger partial charge < -0.3 is 15.2 Å². The van der Waals surface area contributed by atoms with E-state index in [0.29, 0.717) is 24.3 Å². The second kappa shape index (κ2) is 9.03. The van der Waals surface area contributed by atoms with Gasteiger partial charge in [0.2, 0.25) is 15.9 Å². The number of carboxylic acids is 1. The third-order valence-corrected chi connectivity index (χ3v) is 7.21. The van der Waals surface area contributed by atoms with Gasteiger partial charge in [-0.15, -0.1) is 0 Å². The number of carbonyl (C=O) groups excluding carboxylic acids is 2. The summed E-state index contributed by atoms with van der Waals surface area (Å²) in [6.45, 7) is 3.97. The Bertz CT molecular complexity index is 773. The molecule has 0 saturated carbocycles. The van der Waals surface area contributed by atoms with Gasteiger partial charge in [0.15, 0.2) is 0 Å². The molecule has 0 aliphatic carbocycles. The van der Waals surface area contributed by atoms with Gasteiger partial charge in [-0.1, -0.05) is 31.9 Å². The van der Waals surface area contributed by atoms with Gasteiger partial charge in [-0.05, 0) is 43.0 Å². The van der Waals surface area contributed by atoms with Gasteiger partial charge in [0.05, 0.1) is 16.9 Å². The molecule has 1 aliphatic heterocycles. The summed E-state index contributed by atoms with van der Waals surface area (Å²) in [5.41, 5.74) is 0. The lowest BCUT2D eigenvalue weighted by Gasteiger charge is -2.32. The Kier molecular flexibility index (Phi) is 7.25. The molecule has 0 bridgehead atoms. The van der Waals surface area contributed by atoms with Crippen LogP contribution in [0.4, 0.5) is 0 Å². The van der Waals surface area contributed by atoms with Crippen molar-refractivity contribution < 1.29 is 23.1 Å². The molecule has 1 saturated heterocycles. The molecular formula is C18H24ClN2O5S-. The molecule has 0 aromatic heterocycles. The Morgan fingerprint density at radius 3 is 2.30 bits per heavy atom. The van der Waals surface area contributed by atoms with E-state index in [1.54, 1.807) is 6.92 Å². The predicted molar refractivity (Wildman–Crippen MR) is 99.3 cm³/mol. The van der Waals surface area contributed by atoms with E-state index in [2.05, 4.69) is 5.32 Å². The molecule has 1 heterocycles. The summed E-state index contributed by atoms with van der Waals surface area (Å²) in [4.78, 5) is 23.8. The minimum Gasteiger partial charge on any atom is -0.548 e. The van der Waals surface area contributed by atoms with E-state index in [9.17, 15) is 23.1 Å². The summed E-state index contributed by atoms with van der Waals surface area (Å²) < 4.78 is 26.7. The van der Waals surface area contributed by atoms with Crippen molar-refractivity contribution in [3.05, 3.63) is 29.3 Å². The number of benzene rings is 1. The van der Waals surface area contributed by atoms with Crippen molar-refractivity contribution in [3.63, 3.8) is 0 Å². The Labute approximate surface area is 164 Å². The Morgan fingerprint density at radius 1 is 1.26 bits per heavy atom. The maximum absolute atomic E-state index is 12.7. The number of hydrogen-bond acceptors (Lipinski definition) is 5. The number of carbonyl (C=O) groups is 2. The molecule has 1 N–H and O–H groups in total. The molecule has 1 aromatic carbocycles. The van der Waals surface area contributed by atoms with E-state index < -0.39 is 28.0 Å². The van der Waals surface area contributed by atoms with Crippen LogP contribution < -0.4 is 10.4 Å². The second-order valence-corrected chi connectivity index (χ2v) is 9.20. The highest BCUT2D eigenvalue weighted by Gasteiger charge is 2.33. The molecule has 1 aliphatic rings. The lowest BCUT2D eigenvalue weighted by molar-refractivity contribution is -0.309. The molecular weight excluding hydrogens is 392 g/mol. The maximum Gasteiger partial charge on any atom is 0.243 e. The highest BCUT2D eigenvalue weighted by Crippen LogP contribution is 2.25. The predicted octanol–water partition coefficient (Wildman–Crippen LogP) is 1.02. The van der Waals surface area contributed by atoms with Crippen LogP contribution in [0.3, 0.4) is 0 Å². The van der Waals surface area contributed by atoms with Crippen LogP contribution in [0.25, 0.3) is 0 Å². The number of nitrogens with zero attached hydrogens (tertiary/aromatic N) is 1. The molecule has 0 radical (unpaired) electrons.